The van der Waals surface area contributed by atoms with Gasteiger partial charge in [-0.3, -0.25) is 4.90 Å². The first kappa shape index (κ1) is 15.2. The van der Waals surface area contributed by atoms with Crippen LogP contribution in [0, 0.1) is 0 Å². The van der Waals surface area contributed by atoms with Crippen molar-refractivity contribution in [1.29, 1.82) is 0 Å². The van der Waals surface area contributed by atoms with Gasteiger partial charge in [0.05, 0.1) is 17.1 Å². The predicted octanol–water partition coefficient (Wildman–Crippen LogP) is 6.23. The Balaban J connectivity index is 1.78. The lowest BCUT2D eigenvalue weighted by molar-refractivity contribution is 0.831. The molecule has 5 rings (SSSR count). The Morgan fingerprint density at radius 3 is 2.44 bits per heavy atom. The van der Waals surface area contributed by atoms with Gasteiger partial charge >= 0.3 is 0 Å². The molecule has 0 saturated heterocycles. The SMILES string of the molecule is Brc1cc2c(cc1Br)C1Nc3ccccc3N1C(c1ccccc1)=N2. The number of nitrogens with zero attached hydrogens (tertiary/aromatic N) is 2. The van der Waals surface area contributed by atoms with Gasteiger partial charge in [0.2, 0.25) is 0 Å². The lowest BCUT2D eigenvalue weighted by Gasteiger charge is -2.33. The number of fused-ring (bicyclic) bond motifs is 5. The molecule has 0 bridgehead atoms. The average Bonchev–Trinajstić information content (AvgIpc) is 3.03. The minimum Gasteiger partial charge on any atom is -0.359 e. The van der Waals surface area contributed by atoms with E-state index in [9.17, 15) is 0 Å². The molecule has 1 atom stereocenters. The Morgan fingerprint density at radius 2 is 1.60 bits per heavy atom. The van der Waals surface area contributed by atoms with Crippen molar-refractivity contribution in [3.63, 3.8) is 0 Å². The van der Waals surface area contributed by atoms with E-state index < -0.39 is 0 Å². The van der Waals surface area contributed by atoms with Crippen LogP contribution in [0.2, 0.25) is 0 Å². The molecule has 3 aromatic rings. The molecule has 1 N–H and O–H groups in total. The first-order valence-electron chi connectivity index (χ1n) is 8.00. The molecule has 2 aliphatic rings. The van der Waals surface area contributed by atoms with Crippen LogP contribution in [0.3, 0.4) is 0 Å². The Morgan fingerprint density at radius 1 is 0.880 bits per heavy atom. The van der Waals surface area contributed by atoms with Gasteiger partial charge in [-0.25, -0.2) is 4.99 Å². The summed E-state index contributed by atoms with van der Waals surface area (Å²) in [5.74, 6) is 0.963. The molecule has 2 heterocycles. The molecule has 0 fully saturated rings. The quantitative estimate of drug-likeness (QED) is 0.471. The molecular weight excluding hydrogens is 442 g/mol. The van der Waals surface area contributed by atoms with Gasteiger partial charge in [0.15, 0.2) is 0 Å². The van der Waals surface area contributed by atoms with E-state index >= 15 is 0 Å². The van der Waals surface area contributed by atoms with Gasteiger partial charge in [0, 0.05) is 20.1 Å². The van der Waals surface area contributed by atoms with Gasteiger partial charge in [-0.15, -0.1) is 0 Å². The number of para-hydroxylation sites is 2. The lowest BCUT2D eigenvalue weighted by atomic mass is 10.0. The van der Waals surface area contributed by atoms with Crippen LogP contribution in [0.25, 0.3) is 0 Å². The van der Waals surface area contributed by atoms with E-state index in [0.717, 1.165) is 43.0 Å². The molecule has 5 heteroatoms. The fourth-order valence-electron chi connectivity index (χ4n) is 3.44. The molecule has 25 heavy (non-hydrogen) atoms. The molecule has 0 amide bonds. The van der Waals surface area contributed by atoms with Crippen LogP contribution in [0.5, 0.6) is 0 Å². The predicted molar refractivity (Wildman–Crippen MR) is 110 cm³/mol. The second-order valence-corrected chi connectivity index (χ2v) is 7.77. The maximum absolute atomic E-state index is 5.01. The van der Waals surface area contributed by atoms with Crippen LogP contribution >= 0.6 is 31.9 Å². The lowest BCUT2D eigenvalue weighted by Crippen LogP contribution is -2.37. The summed E-state index contributed by atoms with van der Waals surface area (Å²) < 4.78 is 2.04. The van der Waals surface area contributed by atoms with Crippen LogP contribution in [0.4, 0.5) is 17.1 Å². The van der Waals surface area contributed by atoms with Crippen molar-refractivity contribution in [2.75, 3.05) is 10.2 Å². The summed E-state index contributed by atoms with van der Waals surface area (Å²) in [6.07, 6.45) is 0.0320. The number of benzene rings is 3. The third-order valence-electron chi connectivity index (χ3n) is 4.56. The van der Waals surface area contributed by atoms with E-state index in [0.29, 0.717) is 0 Å². The second-order valence-electron chi connectivity index (χ2n) is 6.06. The van der Waals surface area contributed by atoms with Gasteiger partial charge in [-0.2, -0.15) is 0 Å². The van der Waals surface area contributed by atoms with E-state index in [-0.39, 0.29) is 6.17 Å². The van der Waals surface area contributed by atoms with Gasteiger partial charge in [0.25, 0.3) is 0 Å². The van der Waals surface area contributed by atoms with Gasteiger partial charge in [-0.05, 0) is 56.1 Å². The van der Waals surface area contributed by atoms with Crippen molar-refractivity contribution in [3.8, 4) is 0 Å². The van der Waals surface area contributed by atoms with Crippen LogP contribution in [0.1, 0.15) is 17.3 Å². The summed E-state index contributed by atoms with van der Waals surface area (Å²) in [5, 5.41) is 3.65. The van der Waals surface area contributed by atoms with Crippen molar-refractivity contribution < 1.29 is 0 Å². The number of anilines is 2. The normalized spacial score (nSPS) is 17.3. The molecule has 0 spiro atoms. The van der Waals surface area contributed by atoms with E-state index in [4.69, 9.17) is 4.99 Å². The largest absolute Gasteiger partial charge is 0.359 e. The maximum Gasteiger partial charge on any atom is 0.143 e. The maximum atomic E-state index is 5.01. The van der Waals surface area contributed by atoms with E-state index in [1.807, 2.05) is 6.07 Å². The zero-order valence-corrected chi connectivity index (χ0v) is 16.3. The Labute approximate surface area is 162 Å². The summed E-state index contributed by atoms with van der Waals surface area (Å²) in [4.78, 5) is 7.30. The van der Waals surface area contributed by atoms with Gasteiger partial charge in [0.1, 0.15) is 12.0 Å². The van der Waals surface area contributed by atoms with Crippen molar-refractivity contribution >= 4 is 54.8 Å². The number of halogens is 2. The Kier molecular flexibility index (Phi) is 3.47. The smallest absolute Gasteiger partial charge is 0.143 e. The Bertz CT molecular complexity index is 1010. The number of rotatable bonds is 1. The summed E-state index contributed by atoms with van der Waals surface area (Å²) in [6.45, 7) is 0. The van der Waals surface area contributed by atoms with Crippen molar-refractivity contribution in [2.24, 2.45) is 4.99 Å². The minimum atomic E-state index is 0.0320. The highest BCUT2D eigenvalue weighted by molar-refractivity contribution is 9.13. The Hall–Kier alpha value is -2.11. The minimum absolute atomic E-state index is 0.0320. The highest BCUT2D eigenvalue weighted by Crippen LogP contribution is 2.48. The molecular formula is C20H13Br2N3. The standard InChI is InChI=1S/C20H13Br2N3/c21-14-10-13-17(11-15(14)22)24-19(12-6-2-1-3-7-12)25-18-9-5-4-8-16(18)23-20(13)25/h1-11,20,23H. The molecule has 0 radical (unpaired) electrons. The molecule has 0 aliphatic carbocycles. The summed E-state index contributed by atoms with van der Waals surface area (Å²) in [6, 6.07) is 22.9. The van der Waals surface area contributed by atoms with Gasteiger partial charge in [-0.1, -0.05) is 42.5 Å². The molecule has 0 saturated carbocycles. The summed E-state index contributed by atoms with van der Waals surface area (Å²) in [7, 11) is 0. The number of hydrogen-bond donors (Lipinski definition) is 1. The molecule has 3 aromatic carbocycles. The molecule has 1 unspecified atom stereocenters. The van der Waals surface area contributed by atoms with Crippen molar-refractivity contribution in [3.05, 3.63) is 86.8 Å². The topological polar surface area (TPSA) is 27.6 Å². The third-order valence-corrected chi connectivity index (χ3v) is 6.41. The third kappa shape index (κ3) is 2.34. The van der Waals surface area contributed by atoms with Crippen LogP contribution in [-0.2, 0) is 0 Å². The van der Waals surface area contributed by atoms with Crippen molar-refractivity contribution in [1.82, 2.24) is 0 Å². The number of amidine groups is 1. The monoisotopic (exact) mass is 453 g/mol. The molecule has 122 valence electrons. The second kappa shape index (κ2) is 5.71. The highest BCUT2D eigenvalue weighted by Gasteiger charge is 2.38. The molecule has 3 nitrogen and oxygen atoms in total. The average molecular weight is 455 g/mol. The summed E-state index contributed by atoms with van der Waals surface area (Å²) >= 11 is 7.23. The van der Waals surface area contributed by atoms with Crippen LogP contribution < -0.4 is 10.2 Å². The first-order valence-corrected chi connectivity index (χ1v) is 9.59. The fraction of sp³-hybridized carbons (Fsp3) is 0.0500. The fourth-order valence-corrected chi connectivity index (χ4v) is 4.13. The molecule has 0 aromatic heterocycles. The highest BCUT2D eigenvalue weighted by atomic mass is 79.9. The van der Waals surface area contributed by atoms with Crippen molar-refractivity contribution in [2.45, 2.75) is 6.17 Å². The van der Waals surface area contributed by atoms with Crippen LogP contribution in [0.15, 0.2) is 80.7 Å². The van der Waals surface area contributed by atoms with E-state index in [1.54, 1.807) is 0 Å². The first-order chi connectivity index (χ1) is 12.2. The van der Waals surface area contributed by atoms with E-state index in [2.05, 4.69) is 103 Å². The summed E-state index contributed by atoms with van der Waals surface area (Å²) in [5.41, 5.74) is 5.53. The zero-order valence-electron chi connectivity index (χ0n) is 13.1. The zero-order chi connectivity index (χ0) is 17.0. The molecule has 2 aliphatic heterocycles. The van der Waals surface area contributed by atoms with Crippen LogP contribution in [-0.4, -0.2) is 5.84 Å². The van der Waals surface area contributed by atoms with E-state index in [1.165, 1.54) is 0 Å². The number of aliphatic imine (C=N–C) groups is 1. The van der Waals surface area contributed by atoms with Gasteiger partial charge < -0.3 is 5.32 Å². The number of hydrogen-bond acceptors (Lipinski definition) is 3. The number of nitrogens with one attached hydrogen (secondary N) is 1.